The number of hydrogen-bond acceptors (Lipinski definition) is 5. The fraction of sp³-hybridized carbons (Fsp3) is 0.478. The number of ether oxygens (including phenoxy) is 1. The molecule has 1 amide bonds. The molecule has 1 aromatic carbocycles. The van der Waals surface area contributed by atoms with Crippen LogP contribution in [0.3, 0.4) is 0 Å². The monoisotopic (exact) mass is 394 g/mol. The number of likely N-dealkylation sites (tertiary alicyclic amines) is 1. The van der Waals surface area contributed by atoms with Crippen LogP contribution in [0, 0.1) is 5.92 Å². The molecule has 29 heavy (non-hydrogen) atoms. The van der Waals surface area contributed by atoms with Crippen molar-refractivity contribution >= 4 is 17.3 Å². The summed E-state index contributed by atoms with van der Waals surface area (Å²) in [5.41, 5.74) is 2.87. The molecule has 0 radical (unpaired) electrons. The number of nitrogens with zero attached hydrogens (tertiary/aromatic N) is 4. The second-order valence-corrected chi connectivity index (χ2v) is 8.05. The molecule has 2 aliphatic rings. The summed E-state index contributed by atoms with van der Waals surface area (Å²) in [6.07, 6.45) is 3.93. The smallest absolute Gasteiger partial charge is 0.272 e. The molecule has 0 atom stereocenters. The van der Waals surface area contributed by atoms with Gasteiger partial charge in [0.15, 0.2) is 0 Å². The van der Waals surface area contributed by atoms with Crippen molar-refractivity contribution in [3.8, 4) is 5.75 Å². The van der Waals surface area contributed by atoms with Gasteiger partial charge in [0.05, 0.1) is 7.11 Å². The highest BCUT2D eigenvalue weighted by Crippen LogP contribution is 2.24. The molecule has 1 aromatic heterocycles. The number of aromatic nitrogens is 1. The lowest BCUT2D eigenvalue weighted by atomic mass is 9.99. The maximum Gasteiger partial charge on any atom is 0.272 e. The molecule has 2 fully saturated rings. The number of benzene rings is 1. The zero-order chi connectivity index (χ0) is 20.2. The van der Waals surface area contributed by atoms with Gasteiger partial charge >= 0.3 is 0 Å². The Bertz CT molecular complexity index is 823. The molecule has 0 saturated carbocycles. The van der Waals surface area contributed by atoms with Gasteiger partial charge in [0.25, 0.3) is 5.91 Å². The molecule has 6 heteroatoms. The first-order valence-corrected chi connectivity index (χ1v) is 10.5. The van der Waals surface area contributed by atoms with E-state index in [1.165, 1.54) is 5.69 Å². The SMILES string of the molecule is COc1ccc(N2CCN(c3ccnc(C(=O)N4CCC(C)CC4)c3)CC2)cc1. The van der Waals surface area contributed by atoms with Crippen LogP contribution in [0.25, 0.3) is 0 Å². The van der Waals surface area contributed by atoms with Gasteiger partial charge in [-0.1, -0.05) is 6.92 Å². The van der Waals surface area contributed by atoms with Crippen molar-refractivity contribution < 1.29 is 9.53 Å². The quantitative estimate of drug-likeness (QED) is 0.796. The van der Waals surface area contributed by atoms with Crippen LogP contribution in [0.4, 0.5) is 11.4 Å². The number of hydrogen-bond donors (Lipinski definition) is 0. The Kier molecular flexibility index (Phi) is 5.88. The Hall–Kier alpha value is -2.76. The van der Waals surface area contributed by atoms with Crippen LogP contribution in [0.15, 0.2) is 42.6 Å². The molecule has 0 N–H and O–H groups in total. The first-order chi connectivity index (χ1) is 14.1. The lowest BCUT2D eigenvalue weighted by molar-refractivity contribution is 0.0691. The van der Waals surface area contributed by atoms with E-state index < -0.39 is 0 Å². The van der Waals surface area contributed by atoms with Crippen molar-refractivity contribution in [2.45, 2.75) is 19.8 Å². The fourth-order valence-corrected chi connectivity index (χ4v) is 4.12. The summed E-state index contributed by atoms with van der Waals surface area (Å²) in [5.74, 6) is 1.65. The Balaban J connectivity index is 1.38. The van der Waals surface area contributed by atoms with Crippen molar-refractivity contribution in [3.63, 3.8) is 0 Å². The summed E-state index contributed by atoms with van der Waals surface area (Å²) >= 11 is 0. The van der Waals surface area contributed by atoms with E-state index in [1.807, 2.05) is 29.2 Å². The second kappa shape index (κ2) is 8.72. The summed E-state index contributed by atoms with van der Waals surface area (Å²) in [7, 11) is 1.69. The molecule has 0 spiro atoms. The van der Waals surface area contributed by atoms with Crippen LogP contribution >= 0.6 is 0 Å². The Morgan fingerprint density at radius 1 is 0.931 bits per heavy atom. The molecule has 6 nitrogen and oxygen atoms in total. The van der Waals surface area contributed by atoms with Crippen LogP contribution in [-0.2, 0) is 0 Å². The fourth-order valence-electron chi connectivity index (χ4n) is 4.12. The van der Waals surface area contributed by atoms with Crippen molar-refractivity contribution in [1.29, 1.82) is 0 Å². The van der Waals surface area contributed by atoms with Gasteiger partial charge in [-0.25, -0.2) is 0 Å². The molecule has 154 valence electrons. The number of carbonyl (C=O) groups is 1. The van der Waals surface area contributed by atoms with E-state index in [2.05, 4.69) is 33.8 Å². The van der Waals surface area contributed by atoms with Gasteiger partial charge in [-0.2, -0.15) is 0 Å². The van der Waals surface area contributed by atoms with Crippen molar-refractivity contribution in [2.24, 2.45) is 5.92 Å². The molecule has 4 rings (SSSR count). The summed E-state index contributed by atoms with van der Waals surface area (Å²) in [6, 6.07) is 12.2. The summed E-state index contributed by atoms with van der Waals surface area (Å²) in [5, 5.41) is 0. The Morgan fingerprint density at radius 3 is 2.17 bits per heavy atom. The van der Waals surface area contributed by atoms with Crippen LogP contribution in [0.1, 0.15) is 30.3 Å². The van der Waals surface area contributed by atoms with Crippen LogP contribution in [0.2, 0.25) is 0 Å². The number of carbonyl (C=O) groups excluding carboxylic acids is 1. The minimum Gasteiger partial charge on any atom is -0.497 e. The number of anilines is 2. The van der Waals surface area contributed by atoms with Gasteiger partial charge in [-0.3, -0.25) is 9.78 Å². The van der Waals surface area contributed by atoms with Gasteiger partial charge < -0.3 is 19.4 Å². The molecule has 2 aromatic rings. The molecular formula is C23H30N4O2. The average Bonchev–Trinajstić information content (AvgIpc) is 2.79. The van der Waals surface area contributed by atoms with E-state index in [9.17, 15) is 4.79 Å². The molecule has 2 saturated heterocycles. The number of amides is 1. The average molecular weight is 395 g/mol. The highest BCUT2D eigenvalue weighted by atomic mass is 16.5. The number of piperazine rings is 1. The molecule has 3 heterocycles. The zero-order valence-electron chi connectivity index (χ0n) is 17.4. The maximum absolute atomic E-state index is 12.9. The molecule has 0 unspecified atom stereocenters. The van der Waals surface area contributed by atoms with Crippen LogP contribution in [-0.4, -0.2) is 62.2 Å². The van der Waals surface area contributed by atoms with E-state index in [4.69, 9.17) is 4.74 Å². The summed E-state index contributed by atoms with van der Waals surface area (Å²) in [6.45, 7) is 7.67. The first-order valence-electron chi connectivity index (χ1n) is 10.5. The van der Waals surface area contributed by atoms with Crippen LogP contribution < -0.4 is 14.5 Å². The number of methoxy groups -OCH3 is 1. The predicted molar refractivity (Wildman–Crippen MR) is 116 cm³/mol. The van der Waals surface area contributed by atoms with Crippen molar-refractivity contribution in [3.05, 3.63) is 48.3 Å². The molecular weight excluding hydrogens is 364 g/mol. The van der Waals surface area contributed by atoms with Gasteiger partial charge in [0.1, 0.15) is 11.4 Å². The summed E-state index contributed by atoms with van der Waals surface area (Å²) in [4.78, 5) is 23.9. The number of piperidine rings is 1. The van der Waals surface area contributed by atoms with E-state index in [0.29, 0.717) is 11.6 Å². The maximum atomic E-state index is 12.9. The first kappa shape index (κ1) is 19.6. The van der Waals surface area contributed by atoms with Gasteiger partial charge in [0.2, 0.25) is 0 Å². The Morgan fingerprint density at radius 2 is 1.55 bits per heavy atom. The predicted octanol–water partition coefficient (Wildman–Crippen LogP) is 3.29. The minimum atomic E-state index is 0.0654. The van der Waals surface area contributed by atoms with E-state index >= 15 is 0 Å². The molecule has 0 bridgehead atoms. The third-order valence-electron chi connectivity index (χ3n) is 6.12. The second-order valence-electron chi connectivity index (χ2n) is 8.05. The van der Waals surface area contributed by atoms with Crippen molar-refractivity contribution in [1.82, 2.24) is 9.88 Å². The third kappa shape index (κ3) is 4.47. The van der Waals surface area contributed by atoms with E-state index in [0.717, 1.165) is 63.5 Å². The third-order valence-corrected chi connectivity index (χ3v) is 6.12. The Labute approximate surface area is 173 Å². The van der Waals surface area contributed by atoms with Crippen LogP contribution in [0.5, 0.6) is 5.75 Å². The van der Waals surface area contributed by atoms with Crippen molar-refractivity contribution in [2.75, 3.05) is 56.2 Å². The van der Waals surface area contributed by atoms with Gasteiger partial charge in [-0.05, 0) is 55.2 Å². The number of rotatable bonds is 4. The highest BCUT2D eigenvalue weighted by Gasteiger charge is 2.24. The lowest BCUT2D eigenvalue weighted by Crippen LogP contribution is -2.46. The largest absolute Gasteiger partial charge is 0.497 e. The minimum absolute atomic E-state index is 0.0654. The van der Waals surface area contributed by atoms with E-state index in [-0.39, 0.29) is 5.91 Å². The topological polar surface area (TPSA) is 48.9 Å². The normalized spacial score (nSPS) is 18.1. The van der Waals surface area contributed by atoms with E-state index in [1.54, 1.807) is 13.3 Å². The standard InChI is InChI=1S/C23H30N4O2/c1-18-8-11-27(12-9-18)23(28)22-17-20(7-10-24-22)26-15-13-25(14-16-26)19-3-5-21(29-2)6-4-19/h3-7,10,17-18H,8-9,11-16H2,1-2H3. The lowest BCUT2D eigenvalue weighted by Gasteiger charge is -2.37. The molecule has 0 aliphatic carbocycles. The number of pyridine rings is 1. The highest BCUT2D eigenvalue weighted by molar-refractivity contribution is 5.93. The zero-order valence-corrected chi connectivity index (χ0v) is 17.4. The summed E-state index contributed by atoms with van der Waals surface area (Å²) < 4.78 is 5.25. The molecule has 2 aliphatic heterocycles. The van der Waals surface area contributed by atoms with Gasteiger partial charge in [-0.15, -0.1) is 0 Å². The van der Waals surface area contributed by atoms with Gasteiger partial charge in [0, 0.05) is 56.8 Å².